The summed E-state index contributed by atoms with van der Waals surface area (Å²) in [7, 11) is 0. The minimum absolute atomic E-state index is 0.0248. The number of nitrogens with one attached hydrogen (secondary N) is 2. The zero-order valence-electron chi connectivity index (χ0n) is 17.1. The number of aryl methyl sites for hydroxylation is 2. The molecule has 0 saturated carbocycles. The van der Waals surface area contributed by atoms with Crippen molar-refractivity contribution in [2.75, 3.05) is 6.61 Å². The van der Waals surface area contributed by atoms with E-state index in [1.54, 1.807) is 32.0 Å². The number of hydrogen-bond donors (Lipinski definition) is 4. The fourth-order valence-corrected chi connectivity index (χ4v) is 3.44. The Kier molecular flexibility index (Phi) is 6.15. The maximum Gasteiger partial charge on any atom is 0.328 e. The predicted molar refractivity (Wildman–Crippen MR) is 117 cm³/mol. The molecule has 30 heavy (non-hydrogen) atoms. The molecule has 3 rings (SSSR count). The monoisotopic (exact) mass is 406 g/mol. The van der Waals surface area contributed by atoms with Crippen molar-refractivity contribution in [3.63, 3.8) is 0 Å². The number of fused-ring (bicyclic) bond motifs is 1. The number of carbonyl (C=O) groups excluding carboxylic acids is 1. The van der Waals surface area contributed by atoms with Gasteiger partial charge >= 0.3 is 5.97 Å². The standard InChI is InChI=1S/C22H26N6O2/c1-3-30-22(29)13(2)28-18-9-8-16(21(25)26)12-17(18)27-19(28)10-7-14-5-4-6-15(11-14)20(23)24/h4-6,8-9,11-13H,3,7,10H2,1-2H3,(H3,23,24)(H3,25,26). The Bertz CT molecular complexity index is 1120. The number of nitrogen functional groups attached to an aromatic ring is 2. The Morgan fingerprint density at radius 3 is 2.47 bits per heavy atom. The summed E-state index contributed by atoms with van der Waals surface area (Å²) in [6.45, 7) is 3.87. The number of aromatic nitrogens is 2. The van der Waals surface area contributed by atoms with E-state index in [0.717, 1.165) is 16.9 Å². The molecule has 0 fully saturated rings. The van der Waals surface area contributed by atoms with Crippen molar-refractivity contribution in [1.29, 1.82) is 10.8 Å². The molecule has 0 spiro atoms. The topological polar surface area (TPSA) is 144 Å². The molecule has 0 amide bonds. The molecule has 0 aliphatic heterocycles. The third-order valence-electron chi connectivity index (χ3n) is 4.96. The lowest BCUT2D eigenvalue weighted by Gasteiger charge is -2.16. The highest BCUT2D eigenvalue weighted by atomic mass is 16.5. The van der Waals surface area contributed by atoms with Crippen molar-refractivity contribution in [3.8, 4) is 0 Å². The summed E-state index contributed by atoms with van der Waals surface area (Å²) in [6, 6.07) is 12.3. The molecule has 1 atom stereocenters. The molecule has 156 valence electrons. The molecule has 8 nitrogen and oxygen atoms in total. The maximum atomic E-state index is 12.4. The maximum absolute atomic E-state index is 12.4. The van der Waals surface area contributed by atoms with Crippen LogP contribution in [0.1, 0.15) is 42.4 Å². The molecule has 3 aromatic rings. The van der Waals surface area contributed by atoms with E-state index in [9.17, 15) is 4.79 Å². The first-order valence-corrected chi connectivity index (χ1v) is 9.77. The van der Waals surface area contributed by atoms with Gasteiger partial charge in [-0.3, -0.25) is 10.8 Å². The van der Waals surface area contributed by atoms with Gasteiger partial charge in [-0.1, -0.05) is 18.2 Å². The SMILES string of the molecule is CCOC(=O)C(C)n1c(CCc2cccc(C(=N)N)c2)nc2cc(C(=N)N)ccc21. The minimum atomic E-state index is -0.545. The van der Waals surface area contributed by atoms with Crippen LogP contribution in [0.5, 0.6) is 0 Å². The summed E-state index contributed by atoms with van der Waals surface area (Å²) in [5.41, 5.74) is 14.9. The fraction of sp³-hybridized carbons (Fsp3) is 0.273. The van der Waals surface area contributed by atoms with Crippen LogP contribution < -0.4 is 11.5 Å². The molecule has 0 bridgehead atoms. The first-order chi connectivity index (χ1) is 14.3. The van der Waals surface area contributed by atoms with E-state index in [0.29, 0.717) is 36.1 Å². The molecule has 1 heterocycles. The summed E-state index contributed by atoms with van der Waals surface area (Å²) < 4.78 is 7.10. The average Bonchev–Trinajstić information content (AvgIpc) is 3.09. The summed E-state index contributed by atoms with van der Waals surface area (Å²) in [5.74, 6) is 0.399. The Hall–Kier alpha value is -3.68. The van der Waals surface area contributed by atoms with Gasteiger partial charge in [0, 0.05) is 17.5 Å². The third kappa shape index (κ3) is 4.32. The number of ether oxygens (including phenoxy) is 1. The molecule has 2 aromatic carbocycles. The van der Waals surface area contributed by atoms with Gasteiger partial charge in [0.05, 0.1) is 17.6 Å². The van der Waals surface area contributed by atoms with Gasteiger partial charge in [-0.25, -0.2) is 9.78 Å². The van der Waals surface area contributed by atoms with Gasteiger partial charge in [-0.15, -0.1) is 0 Å². The molecule has 6 N–H and O–H groups in total. The van der Waals surface area contributed by atoms with Crippen molar-refractivity contribution in [2.45, 2.75) is 32.7 Å². The van der Waals surface area contributed by atoms with Gasteiger partial charge in [0.2, 0.25) is 0 Å². The van der Waals surface area contributed by atoms with Crippen LogP contribution in [0.25, 0.3) is 11.0 Å². The van der Waals surface area contributed by atoms with Crippen LogP contribution in [0.4, 0.5) is 0 Å². The van der Waals surface area contributed by atoms with E-state index in [-0.39, 0.29) is 17.6 Å². The third-order valence-corrected chi connectivity index (χ3v) is 4.96. The number of hydrogen-bond acceptors (Lipinski definition) is 5. The number of rotatable bonds is 8. The molecular formula is C22H26N6O2. The fourth-order valence-electron chi connectivity index (χ4n) is 3.44. The van der Waals surface area contributed by atoms with Crippen LogP contribution in [-0.2, 0) is 22.4 Å². The van der Waals surface area contributed by atoms with Crippen LogP contribution in [-0.4, -0.2) is 33.8 Å². The quantitative estimate of drug-likeness (QED) is 0.258. The second-order valence-electron chi connectivity index (χ2n) is 7.06. The Morgan fingerprint density at radius 1 is 1.10 bits per heavy atom. The second-order valence-corrected chi connectivity index (χ2v) is 7.06. The van der Waals surface area contributed by atoms with Crippen LogP contribution >= 0.6 is 0 Å². The normalized spacial score (nSPS) is 11.9. The lowest BCUT2D eigenvalue weighted by molar-refractivity contribution is -0.146. The number of benzene rings is 2. The van der Waals surface area contributed by atoms with Gasteiger partial charge in [0.1, 0.15) is 23.5 Å². The van der Waals surface area contributed by atoms with Gasteiger partial charge in [-0.2, -0.15) is 0 Å². The minimum Gasteiger partial charge on any atom is -0.464 e. The van der Waals surface area contributed by atoms with E-state index in [1.165, 1.54) is 0 Å². The largest absolute Gasteiger partial charge is 0.464 e. The lowest BCUT2D eigenvalue weighted by atomic mass is 10.1. The summed E-state index contributed by atoms with van der Waals surface area (Å²) in [6.07, 6.45) is 1.24. The Balaban J connectivity index is 2.00. The van der Waals surface area contributed by atoms with E-state index < -0.39 is 6.04 Å². The molecule has 0 aliphatic carbocycles. The first-order valence-electron chi connectivity index (χ1n) is 9.77. The highest BCUT2D eigenvalue weighted by Crippen LogP contribution is 2.24. The molecule has 1 aromatic heterocycles. The number of amidine groups is 2. The second kappa shape index (κ2) is 8.77. The molecule has 0 aliphatic rings. The van der Waals surface area contributed by atoms with Crippen molar-refractivity contribution >= 4 is 28.7 Å². The molecule has 1 unspecified atom stereocenters. The van der Waals surface area contributed by atoms with Gasteiger partial charge < -0.3 is 20.8 Å². The van der Waals surface area contributed by atoms with Crippen molar-refractivity contribution in [2.24, 2.45) is 11.5 Å². The summed E-state index contributed by atoms with van der Waals surface area (Å²) in [5, 5.41) is 15.3. The van der Waals surface area contributed by atoms with E-state index in [2.05, 4.69) is 0 Å². The van der Waals surface area contributed by atoms with E-state index in [4.69, 9.17) is 32.0 Å². The summed E-state index contributed by atoms with van der Waals surface area (Å²) in [4.78, 5) is 17.2. The predicted octanol–water partition coefficient (Wildman–Crippen LogP) is 2.51. The zero-order valence-corrected chi connectivity index (χ0v) is 17.1. The first kappa shape index (κ1) is 21.0. The Morgan fingerprint density at radius 2 is 1.80 bits per heavy atom. The molecular weight excluding hydrogens is 380 g/mol. The van der Waals surface area contributed by atoms with Crippen LogP contribution in [0.2, 0.25) is 0 Å². The van der Waals surface area contributed by atoms with E-state index in [1.807, 2.05) is 28.8 Å². The van der Waals surface area contributed by atoms with Crippen LogP contribution in [0, 0.1) is 10.8 Å². The van der Waals surface area contributed by atoms with E-state index >= 15 is 0 Å². The van der Waals surface area contributed by atoms with Gasteiger partial charge in [-0.05, 0) is 50.1 Å². The average molecular weight is 406 g/mol. The number of esters is 1. The smallest absolute Gasteiger partial charge is 0.328 e. The Labute approximate surface area is 174 Å². The lowest BCUT2D eigenvalue weighted by Crippen LogP contribution is -2.21. The van der Waals surface area contributed by atoms with Crippen molar-refractivity contribution < 1.29 is 9.53 Å². The number of imidazole rings is 1. The number of nitrogens with zero attached hydrogens (tertiary/aromatic N) is 2. The highest BCUT2D eigenvalue weighted by Gasteiger charge is 2.23. The van der Waals surface area contributed by atoms with Crippen LogP contribution in [0.3, 0.4) is 0 Å². The number of nitrogens with two attached hydrogens (primary N) is 2. The molecule has 0 radical (unpaired) electrons. The molecule has 0 saturated heterocycles. The van der Waals surface area contributed by atoms with Crippen LogP contribution in [0.15, 0.2) is 42.5 Å². The van der Waals surface area contributed by atoms with Gasteiger partial charge in [0.15, 0.2) is 0 Å². The van der Waals surface area contributed by atoms with Crippen molar-refractivity contribution in [1.82, 2.24) is 9.55 Å². The zero-order chi connectivity index (χ0) is 21.8. The molecule has 8 heteroatoms. The summed E-state index contributed by atoms with van der Waals surface area (Å²) >= 11 is 0. The van der Waals surface area contributed by atoms with Gasteiger partial charge in [0.25, 0.3) is 0 Å². The van der Waals surface area contributed by atoms with Crippen molar-refractivity contribution in [3.05, 3.63) is 65.0 Å². The highest BCUT2D eigenvalue weighted by molar-refractivity contribution is 5.98. The number of carbonyl (C=O) groups is 1.